The average molecular weight is 350 g/mol. The molecule has 0 unspecified atom stereocenters. The van der Waals surface area contributed by atoms with Crippen LogP contribution in [0.25, 0.3) is 0 Å². The van der Waals surface area contributed by atoms with Gasteiger partial charge in [-0.25, -0.2) is 4.68 Å². The molecule has 1 heterocycles. The Morgan fingerprint density at radius 2 is 2.19 bits per heavy atom. The van der Waals surface area contributed by atoms with Crippen LogP contribution < -0.4 is 10.1 Å². The van der Waals surface area contributed by atoms with Gasteiger partial charge < -0.3 is 10.1 Å². The fourth-order valence-corrected chi connectivity index (χ4v) is 2.78. The first-order valence-electron chi connectivity index (χ1n) is 7.26. The Kier molecular flexibility index (Phi) is 4.31. The van der Waals surface area contributed by atoms with E-state index in [-0.39, 0.29) is 0 Å². The summed E-state index contributed by atoms with van der Waals surface area (Å²) in [4.78, 5) is 0. The molecule has 3 rings (SSSR count). The van der Waals surface area contributed by atoms with Crippen LogP contribution in [0.5, 0.6) is 5.88 Å². The first kappa shape index (κ1) is 14.6. The molecule has 1 aromatic carbocycles. The van der Waals surface area contributed by atoms with Crippen LogP contribution >= 0.6 is 15.9 Å². The highest BCUT2D eigenvalue weighted by Crippen LogP contribution is 2.23. The van der Waals surface area contributed by atoms with E-state index in [1.807, 2.05) is 20.0 Å². The Hall–Kier alpha value is -1.33. The first-order valence-corrected chi connectivity index (χ1v) is 8.05. The molecular weight excluding hydrogens is 330 g/mol. The Morgan fingerprint density at radius 1 is 1.38 bits per heavy atom. The van der Waals surface area contributed by atoms with E-state index < -0.39 is 0 Å². The second kappa shape index (κ2) is 6.20. The van der Waals surface area contributed by atoms with Crippen LogP contribution in [0.15, 0.2) is 28.7 Å². The first-order chi connectivity index (χ1) is 10.1. The second-order valence-electron chi connectivity index (χ2n) is 5.62. The highest BCUT2D eigenvalue weighted by molar-refractivity contribution is 9.10. The van der Waals surface area contributed by atoms with Crippen molar-refractivity contribution in [3.63, 3.8) is 0 Å². The van der Waals surface area contributed by atoms with Gasteiger partial charge >= 0.3 is 0 Å². The van der Waals surface area contributed by atoms with Gasteiger partial charge in [0.2, 0.25) is 5.88 Å². The third kappa shape index (κ3) is 3.86. The lowest BCUT2D eigenvalue weighted by Gasteiger charge is -2.10. The standard InChI is InChI=1S/C16H20BrN3O/c1-11-7-16(20(2)19-11)21-10-13-4-3-12(8-15(13)17)9-18-14-5-6-14/h3-4,7-8,14,18H,5-6,9-10H2,1-2H3. The van der Waals surface area contributed by atoms with Crippen LogP contribution in [-0.2, 0) is 20.2 Å². The summed E-state index contributed by atoms with van der Waals surface area (Å²) in [5.41, 5.74) is 3.41. The fourth-order valence-electron chi connectivity index (χ4n) is 2.24. The second-order valence-corrected chi connectivity index (χ2v) is 6.47. The number of nitrogens with one attached hydrogen (secondary N) is 1. The van der Waals surface area contributed by atoms with Crippen molar-refractivity contribution in [2.45, 2.75) is 39.0 Å². The minimum atomic E-state index is 0.538. The van der Waals surface area contributed by atoms with E-state index >= 15 is 0 Å². The lowest BCUT2D eigenvalue weighted by Crippen LogP contribution is -2.15. The summed E-state index contributed by atoms with van der Waals surface area (Å²) in [5.74, 6) is 0.791. The number of aryl methyl sites for hydroxylation is 2. The number of halogens is 1. The van der Waals surface area contributed by atoms with E-state index in [4.69, 9.17) is 4.74 Å². The molecule has 112 valence electrons. The van der Waals surface area contributed by atoms with Crippen molar-refractivity contribution in [1.29, 1.82) is 0 Å². The Balaban J connectivity index is 1.60. The third-order valence-electron chi connectivity index (χ3n) is 3.62. The Bertz CT molecular complexity index is 634. The highest BCUT2D eigenvalue weighted by Gasteiger charge is 2.20. The molecule has 1 fully saturated rings. The van der Waals surface area contributed by atoms with Crippen LogP contribution in [-0.4, -0.2) is 15.8 Å². The van der Waals surface area contributed by atoms with Gasteiger partial charge in [0.25, 0.3) is 0 Å². The molecule has 0 bridgehead atoms. The number of benzene rings is 1. The van der Waals surface area contributed by atoms with Crippen LogP contribution in [0.2, 0.25) is 0 Å². The number of nitrogens with zero attached hydrogens (tertiary/aromatic N) is 2. The summed E-state index contributed by atoms with van der Waals surface area (Å²) in [6.45, 7) is 3.44. The molecule has 21 heavy (non-hydrogen) atoms. The van der Waals surface area contributed by atoms with Crippen LogP contribution in [0.3, 0.4) is 0 Å². The smallest absolute Gasteiger partial charge is 0.212 e. The number of ether oxygens (including phenoxy) is 1. The zero-order chi connectivity index (χ0) is 14.8. The molecule has 1 aromatic heterocycles. The summed E-state index contributed by atoms with van der Waals surface area (Å²) in [6.07, 6.45) is 2.63. The van der Waals surface area contributed by atoms with Crippen molar-refractivity contribution in [1.82, 2.24) is 15.1 Å². The van der Waals surface area contributed by atoms with Crippen LogP contribution in [0, 0.1) is 6.92 Å². The van der Waals surface area contributed by atoms with Gasteiger partial charge in [-0.15, -0.1) is 0 Å². The molecule has 1 aliphatic rings. The summed E-state index contributed by atoms with van der Waals surface area (Å²) in [6, 6.07) is 9.13. The predicted molar refractivity (Wildman–Crippen MR) is 86.3 cm³/mol. The van der Waals surface area contributed by atoms with Gasteiger partial charge in [-0.2, -0.15) is 5.10 Å². The van der Waals surface area contributed by atoms with Gasteiger partial charge in [0, 0.05) is 35.7 Å². The summed E-state index contributed by atoms with van der Waals surface area (Å²) in [7, 11) is 1.89. The molecule has 0 atom stereocenters. The van der Waals surface area contributed by atoms with Crippen molar-refractivity contribution in [2.24, 2.45) is 7.05 Å². The molecule has 0 saturated heterocycles. The van der Waals surface area contributed by atoms with Gasteiger partial charge in [0.05, 0.1) is 5.69 Å². The number of rotatable bonds is 6. The van der Waals surface area contributed by atoms with Crippen molar-refractivity contribution in [3.8, 4) is 5.88 Å². The molecular formula is C16H20BrN3O. The molecule has 0 aliphatic heterocycles. The van der Waals surface area contributed by atoms with Gasteiger partial charge in [0.15, 0.2) is 0 Å². The number of aromatic nitrogens is 2. The minimum Gasteiger partial charge on any atom is -0.473 e. The average Bonchev–Trinajstić information content (AvgIpc) is 3.21. The largest absolute Gasteiger partial charge is 0.473 e. The molecule has 1 aliphatic carbocycles. The maximum absolute atomic E-state index is 5.83. The molecule has 1 saturated carbocycles. The molecule has 0 spiro atoms. The van der Waals surface area contributed by atoms with Crippen molar-refractivity contribution < 1.29 is 4.74 Å². The summed E-state index contributed by atoms with van der Waals surface area (Å²) in [5, 5.41) is 7.80. The van der Waals surface area contributed by atoms with Crippen molar-refractivity contribution in [2.75, 3.05) is 0 Å². The van der Waals surface area contributed by atoms with E-state index in [1.54, 1.807) is 4.68 Å². The molecule has 1 N–H and O–H groups in total. The monoisotopic (exact) mass is 349 g/mol. The normalized spacial score (nSPS) is 14.4. The molecule has 0 radical (unpaired) electrons. The third-order valence-corrected chi connectivity index (χ3v) is 4.36. The number of hydrogen-bond donors (Lipinski definition) is 1. The van der Waals surface area contributed by atoms with E-state index in [0.717, 1.165) is 34.2 Å². The SMILES string of the molecule is Cc1cc(OCc2ccc(CNC3CC3)cc2Br)n(C)n1. The maximum atomic E-state index is 5.83. The maximum Gasteiger partial charge on any atom is 0.212 e. The zero-order valence-corrected chi connectivity index (χ0v) is 14.0. The Morgan fingerprint density at radius 3 is 2.81 bits per heavy atom. The van der Waals surface area contributed by atoms with Gasteiger partial charge in [-0.05, 0) is 31.4 Å². The molecule has 2 aromatic rings. The van der Waals surface area contributed by atoms with Gasteiger partial charge in [0.1, 0.15) is 6.61 Å². The lowest BCUT2D eigenvalue weighted by molar-refractivity contribution is 0.278. The zero-order valence-electron chi connectivity index (χ0n) is 12.4. The van der Waals surface area contributed by atoms with Gasteiger partial charge in [-0.3, -0.25) is 0 Å². The van der Waals surface area contributed by atoms with Crippen molar-refractivity contribution in [3.05, 3.63) is 45.6 Å². The Labute approximate surface area is 133 Å². The minimum absolute atomic E-state index is 0.538. The molecule has 5 heteroatoms. The summed E-state index contributed by atoms with van der Waals surface area (Å²) >= 11 is 3.64. The van der Waals surface area contributed by atoms with Crippen LogP contribution in [0.1, 0.15) is 29.7 Å². The predicted octanol–water partition coefficient (Wildman–Crippen LogP) is 3.32. The quantitative estimate of drug-likeness (QED) is 0.869. The van der Waals surface area contributed by atoms with E-state index in [9.17, 15) is 0 Å². The van der Waals surface area contributed by atoms with E-state index in [2.05, 4.69) is 44.5 Å². The topological polar surface area (TPSA) is 39.1 Å². The van der Waals surface area contributed by atoms with E-state index in [1.165, 1.54) is 18.4 Å². The summed E-state index contributed by atoms with van der Waals surface area (Å²) < 4.78 is 8.68. The van der Waals surface area contributed by atoms with Crippen LogP contribution in [0.4, 0.5) is 0 Å². The lowest BCUT2D eigenvalue weighted by atomic mass is 10.1. The highest BCUT2D eigenvalue weighted by atomic mass is 79.9. The van der Waals surface area contributed by atoms with E-state index in [0.29, 0.717) is 6.61 Å². The fraction of sp³-hybridized carbons (Fsp3) is 0.438. The number of hydrogen-bond acceptors (Lipinski definition) is 3. The molecule has 0 amide bonds. The van der Waals surface area contributed by atoms with Gasteiger partial charge in [-0.1, -0.05) is 28.1 Å². The van der Waals surface area contributed by atoms with Crippen molar-refractivity contribution >= 4 is 15.9 Å². The molecule has 4 nitrogen and oxygen atoms in total.